The second-order valence-electron chi connectivity index (χ2n) is 4.10. The Morgan fingerprint density at radius 3 is 2.56 bits per heavy atom. The number of aliphatic hydroxyl groups excluding tert-OH is 1. The molecular formula is C14H21NO3. The average Bonchev–Trinajstić information content (AvgIpc) is 2.43. The quantitative estimate of drug-likeness (QED) is 0.741. The number of hydrogen-bond acceptors (Lipinski definition) is 4. The molecular weight excluding hydrogens is 230 g/mol. The summed E-state index contributed by atoms with van der Waals surface area (Å²) in [6.07, 6.45) is 0. The van der Waals surface area contributed by atoms with Gasteiger partial charge < -0.3 is 14.7 Å². The first-order valence-corrected chi connectivity index (χ1v) is 6.18. The van der Waals surface area contributed by atoms with Gasteiger partial charge in [-0.2, -0.15) is 0 Å². The monoisotopic (exact) mass is 251 g/mol. The minimum atomic E-state index is -0.303. The van der Waals surface area contributed by atoms with Crippen molar-refractivity contribution in [3.63, 3.8) is 0 Å². The molecule has 0 heterocycles. The van der Waals surface area contributed by atoms with Crippen molar-refractivity contribution in [2.24, 2.45) is 0 Å². The van der Waals surface area contributed by atoms with Crippen LogP contribution in [-0.2, 0) is 9.53 Å². The van der Waals surface area contributed by atoms with Gasteiger partial charge in [-0.3, -0.25) is 4.79 Å². The lowest BCUT2D eigenvalue weighted by molar-refractivity contribution is -0.143. The lowest BCUT2D eigenvalue weighted by atomic mass is 9.98. The van der Waals surface area contributed by atoms with Crippen molar-refractivity contribution in [1.29, 1.82) is 0 Å². The lowest BCUT2D eigenvalue weighted by Crippen LogP contribution is -2.34. The predicted molar refractivity (Wildman–Crippen MR) is 70.4 cm³/mol. The van der Waals surface area contributed by atoms with Crippen molar-refractivity contribution in [3.8, 4) is 0 Å². The molecule has 0 aromatic heterocycles. The summed E-state index contributed by atoms with van der Waals surface area (Å²) in [6, 6.07) is 9.59. The fourth-order valence-electron chi connectivity index (χ4n) is 1.92. The molecule has 1 aromatic carbocycles. The summed E-state index contributed by atoms with van der Waals surface area (Å²) in [5.74, 6) is -0.541. The highest BCUT2D eigenvalue weighted by Crippen LogP contribution is 2.18. The minimum absolute atomic E-state index is 0.0938. The molecule has 0 saturated carbocycles. The van der Waals surface area contributed by atoms with Gasteiger partial charge in [-0.25, -0.2) is 0 Å². The predicted octanol–water partition coefficient (Wildman–Crippen LogP) is 1.26. The molecule has 0 aliphatic rings. The lowest BCUT2D eigenvalue weighted by Gasteiger charge is -2.24. The molecule has 1 unspecified atom stereocenters. The smallest absolute Gasteiger partial charge is 0.314 e. The Labute approximate surface area is 108 Å². The number of methoxy groups -OCH3 is 1. The van der Waals surface area contributed by atoms with Crippen LogP contribution in [0.25, 0.3) is 0 Å². The van der Waals surface area contributed by atoms with E-state index in [1.54, 1.807) is 0 Å². The molecule has 18 heavy (non-hydrogen) atoms. The maximum absolute atomic E-state index is 11.9. The average molecular weight is 251 g/mol. The number of rotatable bonds is 7. The third-order valence-electron chi connectivity index (χ3n) is 2.99. The molecule has 0 fully saturated rings. The Morgan fingerprint density at radius 2 is 2.06 bits per heavy atom. The van der Waals surface area contributed by atoms with E-state index in [0.29, 0.717) is 13.1 Å². The van der Waals surface area contributed by atoms with Crippen LogP contribution in [0.2, 0.25) is 0 Å². The van der Waals surface area contributed by atoms with E-state index in [9.17, 15) is 4.79 Å². The molecule has 100 valence electrons. The first kappa shape index (κ1) is 14.7. The van der Waals surface area contributed by atoms with Crippen molar-refractivity contribution < 1.29 is 14.6 Å². The van der Waals surface area contributed by atoms with Gasteiger partial charge in [0.15, 0.2) is 0 Å². The van der Waals surface area contributed by atoms with Gasteiger partial charge >= 0.3 is 5.97 Å². The van der Waals surface area contributed by atoms with Gasteiger partial charge in [-0.15, -0.1) is 0 Å². The van der Waals surface area contributed by atoms with Crippen LogP contribution < -0.4 is 0 Å². The highest BCUT2D eigenvalue weighted by molar-refractivity contribution is 5.78. The number of benzene rings is 1. The van der Waals surface area contributed by atoms with Crippen molar-refractivity contribution in [1.82, 2.24) is 4.90 Å². The number of likely N-dealkylation sites (N-methyl/N-ethyl adjacent to an activating group) is 1. The molecule has 4 nitrogen and oxygen atoms in total. The van der Waals surface area contributed by atoms with E-state index in [1.165, 1.54) is 7.11 Å². The van der Waals surface area contributed by atoms with Crippen molar-refractivity contribution in [2.45, 2.75) is 12.8 Å². The van der Waals surface area contributed by atoms with Gasteiger partial charge in [0.2, 0.25) is 0 Å². The molecule has 0 radical (unpaired) electrons. The normalized spacial score (nSPS) is 12.4. The Morgan fingerprint density at radius 1 is 1.39 bits per heavy atom. The van der Waals surface area contributed by atoms with Crippen LogP contribution in [0.4, 0.5) is 0 Å². The Hall–Kier alpha value is -1.39. The molecule has 0 aliphatic heterocycles. The van der Waals surface area contributed by atoms with E-state index in [-0.39, 0.29) is 18.5 Å². The van der Waals surface area contributed by atoms with E-state index in [2.05, 4.69) is 0 Å². The van der Waals surface area contributed by atoms with Gasteiger partial charge in [-0.05, 0) is 12.1 Å². The van der Waals surface area contributed by atoms with E-state index in [4.69, 9.17) is 9.84 Å². The fraction of sp³-hybridized carbons (Fsp3) is 0.500. The maximum Gasteiger partial charge on any atom is 0.314 e. The van der Waals surface area contributed by atoms with E-state index < -0.39 is 0 Å². The summed E-state index contributed by atoms with van der Waals surface area (Å²) in [4.78, 5) is 13.9. The van der Waals surface area contributed by atoms with Crippen LogP contribution >= 0.6 is 0 Å². The summed E-state index contributed by atoms with van der Waals surface area (Å²) in [7, 11) is 1.40. The van der Waals surface area contributed by atoms with Crippen molar-refractivity contribution in [3.05, 3.63) is 35.9 Å². The van der Waals surface area contributed by atoms with Crippen LogP contribution in [-0.4, -0.2) is 49.3 Å². The number of ether oxygens (including phenoxy) is 1. The SMILES string of the molecule is CCN(CCO)CC(C(=O)OC)c1ccccc1. The molecule has 1 rings (SSSR count). The largest absolute Gasteiger partial charge is 0.469 e. The second kappa shape index (κ2) is 7.84. The van der Waals surface area contributed by atoms with Crippen LogP contribution in [0.3, 0.4) is 0 Å². The van der Waals surface area contributed by atoms with Gasteiger partial charge in [-0.1, -0.05) is 37.3 Å². The molecule has 4 heteroatoms. The molecule has 1 N–H and O–H groups in total. The maximum atomic E-state index is 11.9. The second-order valence-corrected chi connectivity index (χ2v) is 4.10. The number of carbonyl (C=O) groups is 1. The Kier molecular flexibility index (Phi) is 6.39. The molecule has 0 bridgehead atoms. The Bertz CT molecular complexity index is 353. The van der Waals surface area contributed by atoms with Crippen molar-refractivity contribution in [2.75, 3.05) is 33.4 Å². The van der Waals surface area contributed by atoms with E-state index in [0.717, 1.165) is 12.1 Å². The van der Waals surface area contributed by atoms with Crippen LogP contribution in [0.15, 0.2) is 30.3 Å². The van der Waals surface area contributed by atoms with Crippen LogP contribution in [0, 0.1) is 0 Å². The third-order valence-corrected chi connectivity index (χ3v) is 2.99. The first-order chi connectivity index (χ1) is 8.72. The van der Waals surface area contributed by atoms with Crippen LogP contribution in [0.1, 0.15) is 18.4 Å². The zero-order valence-corrected chi connectivity index (χ0v) is 11.0. The summed E-state index contributed by atoms with van der Waals surface area (Å²) < 4.78 is 4.86. The number of aliphatic hydroxyl groups is 1. The van der Waals surface area contributed by atoms with Crippen LogP contribution in [0.5, 0.6) is 0 Å². The van der Waals surface area contributed by atoms with E-state index >= 15 is 0 Å². The van der Waals surface area contributed by atoms with Gasteiger partial charge in [0, 0.05) is 13.1 Å². The molecule has 0 saturated heterocycles. The zero-order chi connectivity index (χ0) is 13.4. The topological polar surface area (TPSA) is 49.8 Å². The fourth-order valence-corrected chi connectivity index (χ4v) is 1.92. The number of esters is 1. The van der Waals surface area contributed by atoms with Gasteiger partial charge in [0.1, 0.15) is 0 Å². The summed E-state index contributed by atoms with van der Waals surface area (Å²) in [6.45, 7) is 4.02. The van der Waals surface area contributed by atoms with E-state index in [1.807, 2.05) is 42.2 Å². The number of nitrogens with zero attached hydrogens (tertiary/aromatic N) is 1. The summed E-state index contributed by atoms with van der Waals surface area (Å²) in [5.41, 5.74) is 0.945. The third kappa shape index (κ3) is 4.13. The summed E-state index contributed by atoms with van der Waals surface area (Å²) >= 11 is 0. The molecule has 1 aromatic rings. The minimum Gasteiger partial charge on any atom is -0.469 e. The van der Waals surface area contributed by atoms with Gasteiger partial charge in [0.25, 0.3) is 0 Å². The first-order valence-electron chi connectivity index (χ1n) is 6.18. The Balaban J connectivity index is 2.82. The zero-order valence-electron chi connectivity index (χ0n) is 11.0. The molecule has 1 atom stereocenters. The molecule has 0 aliphatic carbocycles. The van der Waals surface area contributed by atoms with Gasteiger partial charge in [0.05, 0.1) is 19.6 Å². The highest BCUT2D eigenvalue weighted by Gasteiger charge is 2.23. The summed E-state index contributed by atoms with van der Waals surface area (Å²) in [5, 5.41) is 8.99. The molecule has 0 spiro atoms. The number of hydrogen-bond donors (Lipinski definition) is 1. The highest BCUT2D eigenvalue weighted by atomic mass is 16.5. The standard InChI is InChI=1S/C14H21NO3/c1-3-15(9-10-16)11-13(14(17)18-2)12-7-5-4-6-8-12/h4-8,13,16H,3,9-11H2,1-2H3. The molecule has 0 amide bonds. The van der Waals surface area contributed by atoms with Crippen molar-refractivity contribution >= 4 is 5.97 Å². The number of carbonyl (C=O) groups excluding carboxylic acids is 1.